The molecule has 1 aliphatic carbocycles. The van der Waals surface area contributed by atoms with Crippen LogP contribution in [0.15, 0.2) is 23.0 Å². The molecule has 1 heterocycles. The summed E-state index contributed by atoms with van der Waals surface area (Å²) in [4.78, 5) is 31.9. The summed E-state index contributed by atoms with van der Waals surface area (Å²) in [7, 11) is 3.57. The molecule has 3 rings (SSSR count). The van der Waals surface area contributed by atoms with Gasteiger partial charge in [0.15, 0.2) is 4.77 Å². The van der Waals surface area contributed by atoms with Gasteiger partial charge in [-0.2, -0.15) is 0 Å². The fourth-order valence-electron chi connectivity index (χ4n) is 3.34. The zero-order chi connectivity index (χ0) is 17.3. The predicted molar refractivity (Wildman–Crippen MR) is 94.9 cm³/mol. The Hall–Kier alpha value is -1.99. The monoisotopic (exact) mass is 347 g/mol. The summed E-state index contributed by atoms with van der Waals surface area (Å²) in [5.41, 5.74) is 0.875. The van der Waals surface area contributed by atoms with Gasteiger partial charge in [0.25, 0.3) is 11.5 Å². The van der Waals surface area contributed by atoms with Gasteiger partial charge in [-0.25, -0.2) is 0 Å². The molecular formula is C17H21N3O3S. The quantitative estimate of drug-likeness (QED) is 0.837. The van der Waals surface area contributed by atoms with Crippen LogP contribution in [0.3, 0.4) is 0 Å². The Balaban J connectivity index is 1.83. The average Bonchev–Trinajstić information content (AvgIpc) is 2.59. The molecule has 0 saturated heterocycles. The number of hydrogen-bond acceptors (Lipinski definition) is 4. The highest BCUT2D eigenvalue weighted by Gasteiger charge is 2.27. The van der Waals surface area contributed by atoms with Gasteiger partial charge in [0, 0.05) is 25.8 Å². The van der Waals surface area contributed by atoms with Gasteiger partial charge < -0.3 is 14.6 Å². The van der Waals surface area contributed by atoms with E-state index in [0.29, 0.717) is 22.6 Å². The van der Waals surface area contributed by atoms with E-state index in [0.717, 1.165) is 25.7 Å². The molecule has 2 N–H and O–H groups in total. The summed E-state index contributed by atoms with van der Waals surface area (Å²) in [6.07, 6.45) is 4.13. The van der Waals surface area contributed by atoms with Crippen molar-refractivity contribution >= 4 is 29.0 Å². The minimum Gasteiger partial charge on any atom is -0.381 e. The van der Waals surface area contributed by atoms with Crippen molar-refractivity contribution < 1.29 is 9.53 Å². The van der Waals surface area contributed by atoms with Crippen LogP contribution >= 0.6 is 12.2 Å². The van der Waals surface area contributed by atoms with E-state index in [1.165, 1.54) is 0 Å². The SMILES string of the molecule is COC1CCC(N(C)C(=O)c2ccc3c(=O)[nH]c(=S)[nH]c3c2)CC1. The van der Waals surface area contributed by atoms with Crippen molar-refractivity contribution in [3.63, 3.8) is 0 Å². The number of aromatic amines is 2. The van der Waals surface area contributed by atoms with Gasteiger partial charge in [-0.05, 0) is 56.1 Å². The van der Waals surface area contributed by atoms with Crippen LogP contribution in [-0.4, -0.2) is 47.1 Å². The first-order valence-electron chi connectivity index (χ1n) is 8.06. The summed E-state index contributed by atoms with van der Waals surface area (Å²) in [5.74, 6) is -0.0441. The molecule has 128 valence electrons. The number of nitrogens with zero attached hydrogens (tertiary/aromatic N) is 1. The molecule has 0 aliphatic heterocycles. The van der Waals surface area contributed by atoms with Gasteiger partial charge in [0.2, 0.25) is 0 Å². The summed E-state index contributed by atoms with van der Waals surface area (Å²) in [5, 5.41) is 0.489. The van der Waals surface area contributed by atoms with Gasteiger partial charge in [-0.1, -0.05) is 0 Å². The Morgan fingerprint density at radius 2 is 1.96 bits per heavy atom. The van der Waals surface area contributed by atoms with E-state index < -0.39 is 0 Å². The van der Waals surface area contributed by atoms with E-state index in [4.69, 9.17) is 17.0 Å². The number of hydrogen-bond donors (Lipinski definition) is 2. The topological polar surface area (TPSA) is 78.2 Å². The summed E-state index contributed by atoms with van der Waals surface area (Å²) >= 11 is 4.99. The molecule has 0 unspecified atom stereocenters. The zero-order valence-electron chi connectivity index (χ0n) is 13.8. The molecule has 1 saturated carbocycles. The lowest BCUT2D eigenvalue weighted by molar-refractivity contribution is 0.0386. The molecule has 1 aliphatic rings. The molecule has 7 heteroatoms. The average molecular weight is 347 g/mol. The van der Waals surface area contributed by atoms with Crippen molar-refractivity contribution in [2.75, 3.05) is 14.2 Å². The number of nitrogens with one attached hydrogen (secondary N) is 2. The highest BCUT2D eigenvalue weighted by Crippen LogP contribution is 2.25. The number of fused-ring (bicyclic) bond motifs is 1. The number of carbonyl (C=O) groups excluding carboxylic acids is 1. The predicted octanol–water partition coefficient (Wildman–Crippen LogP) is 2.62. The largest absolute Gasteiger partial charge is 0.381 e. The third-order valence-electron chi connectivity index (χ3n) is 4.83. The lowest BCUT2D eigenvalue weighted by atomic mass is 9.91. The second-order valence-corrected chi connectivity index (χ2v) is 6.66. The van der Waals surface area contributed by atoms with E-state index in [2.05, 4.69) is 9.97 Å². The number of benzene rings is 1. The lowest BCUT2D eigenvalue weighted by Gasteiger charge is -2.34. The van der Waals surface area contributed by atoms with Crippen molar-refractivity contribution in [2.45, 2.75) is 37.8 Å². The van der Waals surface area contributed by atoms with Crippen LogP contribution < -0.4 is 5.56 Å². The normalized spacial score (nSPS) is 20.9. The van der Waals surface area contributed by atoms with Gasteiger partial charge in [0.1, 0.15) is 0 Å². The highest BCUT2D eigenvalue weighted by molar-refractivity contribution is 7.71. The molecule has 0 spiro atoms. The Morgan fingerprint density at radius 3 is 2.62 bits per heavy atom. The van der Waals surface area contributed by atoms with Crippen LogP contribution in [-0.2, 0) is 4.74 Å². The number of H-pyrrole nitrogens is 2. The molecule has 1 amide bonds. The maximum absolute atomic E-state index is 12.8. The minimum atomic E-state index is -0.251. The van der Waals surface area contributed by atoms with Gasteiger partial charge in [-0.3, -0.25) is 14.6 Å². The fourth-order valence-corrected chi connectivity index (χ4v) is 3.54. The standard InChI is InChI=1S/C17H21N3O3S/c1-20(11-4-6-12(23-2)7-5-11)16(22)10-3-8-13-14(9-10)18-17(24)19-15(13)21/h3,8-9,11-12H,4-7H2,1-2H3,(H2,18,19,21,24). The van der Waals surface area contributed by atoms with Crippen LogP contribution in [0.2, 0.25) is 0 Å². The van der Waals surface area contributed by atoms with E-state index in [9.17, 15) is 9.59 Å². The van der Waals surface area contributed by atoms with Crippen molar-refractivity contribution in [2.24, 2.45) is 0 Å². The van der Waals surface area contributed by atoms with Gasteiger partial charge in [-0.15, -0.1) is 0 Å². The second-order valence-electron chi connectivity index (χ2n) is 6.25. The smallest absolute Gasteiger partial charge is 0.259 e. The highest BCUT2D eigenvalue weighted by atomic mass is 32.1. The fraction of sp³-hybridized carbons (Fsp3) is 0.471. The molecule has 24 heavy (non-hydrogen) atoms. The number of rotatable bonds is 3. The number of carbonyl (C=O) groups is 1. The number of aromatic nitrogens is 2. The minimum absolute atomic E-state index is 0.0441. The molecule has 0 atom stereocenters. The van der Waals surface area contributed by atoms with E-state index >= 15 is 0 Å². The van der Waals surface area contributed by atoms with Crippen LogP contribution in [0, 0.1) is 4.77 Å². The van der Waals surface area contributed by atoms with Crippen LogP contribution in [0.4, 0.5) is 0 Å². The second kappa shape index (κ2) is 6.86. The van der Waals surface area contributed by atoms with Crippen molar-refractivity contribution in [3.8, 4) is 0 Å². The maximum atomic E-state index is 12.8. The molecule has 1 fully saturated rings. The van der Waals surface area contributed by atoms with Crippen LogP contribution in [0.5, 0.6) is 0 Å². The van der Waals surface area contributed by atoms with Gasteiger partial charge in [0.05, 0.1) is 17.0 Å². The lowest BCUT2D eigenvalue weighted by Crippen LogP contribution is -2.40. The molecule has 1 aromatic carbocycles. The van der Waals surface area contributed by atoms with Crippen molar-refractivity contribution in [1.29, 1.82) is 0 Å². The summed E-state index contributed by atoms with van der Waals surface area (Å²) in [6, 6.07) is 5.26. The third-order valence-corrected chi connectivity index (χ3v) is 5.04. The third kappa shape index (κ3) is 3.27. The first-order chi connectivity index (χ1) is 11.5. The molecule has 0 radical (unpaired) electrons. The van der Waals surface area contributed by atoms with Crippen molar-refractivity contribution in [1.82, 2.24) is 14.9 Å². The van der Waals surface area contributed by atoms with E-state index in [1.807, 2.05) is 7.05 Å². The van der Waals surface area contributed by atoms with Crippen molar-refractivity contribution in [3.05, 3.63) is 38.9 Å². The van der Waals surface area contributed by atoms with Crippen LogP contribution in [0.25, 0.3) is 10.9 Å². The van der Waals surface area contributed by atoms with E-state index in [1.54, 1.807) is 30.2 Å². The molecule has 6 nitrogen and oxygen atoms in total. The van der Waals surface area contributed by atoms with E-state index in [-0.39, 0.29) is 22.3 Å². The molecular weight excluding hydrogens is 326 g/mol. The van der Waals surface area contributed by atoms with Crippen LogP contribution in [0.1, 0.15) is 36.0 Å². The number of methoxy groups -OCH3 is 1. The Labute approximate surface area is 144 Å². The Morgan fingerprint density at radius 1 is 1.25 bits per heavy atom. The number of ether oxygens (including phenoxy) is 1. The zero-order valence-corrected chi connectivity index (χ0v) is 14.6. The molecule has 0 bridgehead atoms. The Bertz CT molecular complexity index is 865. The Kier molecular flexibility index (Phi) is 4.82. The molecule has 1 aromatic heterocycles. The maximum Gasteiger partial charge on any atom is 0.259 e. The first-order valence-corrected chi connectivity index (χ1v) is 8.46. The first kappa shape index (κ1) is 16.9. The summed E-state index contributed by atoms with van der Waals surface area (Å²) in [6.45, 7) is 0. The molecule has 2 aromatic rings. The summed E-state index contributed by atoms with van der Waals surface area (Å²) < 4.78 is 5.64. The van der Waals surface area contributed by atoms with Gasteiger partial charge >= 0.3 is 0 Å². The number of amides is 1.